The van der Waals surface area contributed by atoms with Crippen LogP contribution in [0.2, 0.25) is 5.02 Å². The Morgan fingerprint density at radius 3 is 2.94 bits per heavy atom. The molecule has 0 bridgehead atoms. The van der Waals surface area contributed by atoms with E-state index in [1.54, 1.807) is 12.1 Å². The van der Waals surface area contributed by atoms with Gasteiger partial charge in [0.1, 0.15) is 5.75 Å². The minimum atomic E-state index is -1.07. The zero-order valence-electron chi connectivity index (χ0n) is 9.80. The third-order valence-corrected chi connectivity index (χ3v) is 3.16. The molecule has 0 radical (unpaired) electrons. The van der Waals surface area contributed by atoms with Gasteiger partial charge < -0.3 is 25.3 Å². The molecule has 0 aromatic heterocycles. The number of aliphatic hydroxyl groups is 1. The van der Waals surface area contributed by atoms with Crippen LogP contribution in [0.25, 0.3) is 0 Å². The number of rotatable bonds is 5. The quantitative estimate of drug-likeness (QED) is 0.511. The summed E-state index contributed by atoms with van der Waals surface area (Å²) < 4.78 is 10.8. The molecule has 18 heavy (non-hydrogen) atoms. The Morgan fingerprint density at radius 2 is 2.28 bits per heavy atom. The van der Waals surface area contributed by atoms with E-state index in [-0.39, 0.29) is 13.2 Å². The molecule has 2 rings (SSSR count). The second-order valence-electron chi connectivity index (χ2n) is 4.01. The molecule has 5 nitrogen and oxygen atoms in total. The molecule has 0 fully saturated rings. The molecule has 1 heterocycles. The smallest absolute Gasteiger partial charge is 0.494 e. The molecule has 0 spiro atoms. The average molecular weight is 272 g/mol. The average Bonchev–Trinajstić information content (AvgIpc) is 2.71. The molecule has 1 atom stereocenters. The highest BCUT2D eigenvalue weighted by atomic mass is 35.5. The molecule has 4 N–H and O–H groups in total. The van der Waals surface area contributed by atoms with Gasteiger partial charge in [-0.05, 0) is 12.1 Å². The van der Waals surface area contributed by atoms with Crippen LogP contribution in [0.4, 0.5) is 0 Å². The monoisotopic (exact) mass is 271 g/mol. The van der Waals surface area contributed by atoms with Crippen molar-refractivity contribution in [2.24, 2.45) is 5.73 Å². The van der Waals surface area contributed by atoms with Crippen molar-refractivity contribution in [1.82, 2.24) is 0 Å². The maximum Gasteiger partial charge on any atom is 0.495 e. The highest BCUT2D eigenvalue weighted by Gasteiger charge is 2.39. The Bertz CT molecular complexity index is 432. The van der Waals surface area contributed by atoms with Crippen LogP contribution in [-0.2, 0) is 4.65 Å². The normalized spacial score (nSPS) is 18.0. The number of aliphatic hydroxyl groups excluding tert-OH is 1. The number of benzene rings is 1. The fourth-order valence-corrected chi connectivity index (χ4v) is 2.30. The molecule has 0 aliphatic carbocycles. The van der Waals surface area contributed by atoms with Crippen LogP contribution in [0, 0.1) is 0 Å². The number of fused-ring (bicyclic) bond motifs is 1. The van der Waals surface area contributed by atoms with Crippen LogP contribution in [0.5, 0.6) is 5.75 Å². The van der Waals surface area contributed by atoms with Gasteiger partial charge >= 0.3 is 7.12 Å². The van der Waals surface area contributed by atoms with Gasteiger partial charge in [-0.15, -0.1) is 0 Å². The molecule has 0 saturated heterocycles. The number of ether oxygens (including phenoxy) is 1. The number of halogens is 1. The molecule has 1 aliphatic heterocycles. The van der Waals surface area contributed by atoms with E-state index < -0.39 is 13.2 Å². The van der Waals surface area contributed by atoms with E-state index in [1.165, 1.54) is 0 Å². The first-order valence-electron chi connectivity index (χ1n) is 5.78. The minimum Gasteiger partial charge on any atom is -0.494 e. The summed E-state index contributed by atoms with van der Waals surface area (Å²) in [5.74, 6) is 0.520. The molecule has 0 amide bonds. The van der Waals surface area contributed by atoms with E-state index in [9.17, 15) is 5.02 Å². The Labute approximate surface area is 111 Å². The van der Waals surface area contributed by atoms with Gasteiger partial charge in [0.15, 0.2) is 0 Å². The lowest BCUT2D eigenvalue weighted by Gasteiger charge is -2.13. The van der Waals surface area contributed by atoms with E-state index in [4.69, 9.17) is 31.8 Å². The van der Waals surface area contributed by atoms with Crippen molar-refractivity contribution in [2.75, 3.05) is 19.8 Å². The van der Waals surface area contributed by atoms with Gasteiger partial charge in [-0.1, -0.05) is 11.6 Å². The van der Waals surface area contributed by atoms with Crippen molar-refractivity contribution in [2.45, 2.75) is 12.5 Å². The zero-order chi connectivity index (χ0) is 13.1. The van der Waals surface area contributed by atoms with Crippen LogP contribution < -0.4 is 15.9 Å². The second-order valence-corrected chi connectivity index (χ2v) is 4.42. The SMILES string of the molecule is NCC1OB(O)c2c(OCCCO)ccc(Cl)c21. The predicted molar refractivity (Wildman–Crippen MR) is 69.1 cm³/mol. The minimum absolute atomic E-state index is 0.0558. The lowest BCUT2D eigenvalue weighted by molar-refractivity contribution is 0.198. The van der Waals surface area contributed by atoms with Crippen LogP contribution >= 0.6 is 11.6 Å². The van der Waals surface area contributed by atoms with Gasteiger partial charge in [0.05, 0.1) is 12.7 Å². The fourth-order valence-electron chi connectivity index (χ4n) is 2.01. The molecule has 1 aromatic rings. The summed E-state index contributed by atoms with van der Waals surface area (Å²) in [4.78, 5) is 0. The Balaban J connectivity index is 2.31. The van der Waals surface area contributed by atoms with E-state index in [0.29, 0.717) is 34.8 Å². The van der Waals surface area contributed by atoms with Gasteiger partial charge in [-0.25, -0.2) is 0 Å². The van der Waals surface area contributed by atoms with Crippen LogP contribution in [0.1, 0.15) is 18.1 Å². The van der Waals surface area contributed by atoms with Gasteiger partial charge in [0.25, 0.3) is 0 Å². The summed E-state index contributed by atoms with van der Waals surface area (Å²) in [6.07, 6.45) is 0.109. The standard InChI is InChI=1S/C11H15BClNO4/c13-7-2-3-8(17-5-1-4-15)11-10(7)9(6-14)18-12(11)16/h2-3,9,15-16H,1,4-6,14H2. The maximum atomic E-state index is 9.88. The van der Waals surface area contributed by atoms with Gasteiger partial charge in [0, 0.05) is 35.6 Å². The molecule has 1 unspecified atom stereocenters. The Hall–Kier alpha value is -0.785. The van der Waals surface area contributed by atoms with Crippen molar-refractivity contribution in [3.05, 3.63) is 22.7 Å². The molecule has 98 valence electrons. The third kappa shape index (κ3) is 2.48. The van der Waals surface area contributed by atoms with Crippen LogP contribution in [0.3, 0.4) is 0 Å². The molecule has 7 heteroatoms. The first-order valence-corrected chi connectivity index (χ1v) is 6.16. The molecular formula is C11H15BClNO4. The highest BCUT2D eigenvalue weighted by Crippen LogP contribution is 2.32. The molecule has 1 aliphatic rings. The third-order valence-electron chi connectivity index (χ3n) is 2.83. The Kier molecular flexibility index (Phi) is 4.47. The van der Waals surface area contributed by atoms with Gasteiger partial charge in [-0.3, -0.25) is 0 Å². The summed E-state index contributed by atoms with van der Waals surface area (Å²) in [7, 11) is -1.07. The fraction of sp³-hybridized carbons (Fsp3) is 0.455. The van der Waals surface area contributed by atoms with Crippen molar-refractivity contribution in [1.29, 1.82) is 0 Å². The molecule has 0 saturated carbocycles. The lowest BCUT2D eigenvalue weighted by atomic mass is 9.78. The first-order chi connectivity index (χ1) is 8.69. The zero-order valence-corrected chi connectivity index (χ0v) is 10.6. The van der Waals surface area contributed by atoms with Crippen molar-refractivity contribution in [3.63, 3.8) is 0 Å². The van der Waals surface area contributed by atoms with E-state index in [0.717, 1.165) is 0 Å². The molecule has 1 aromatic carbocycles. The van der Waals surface area contributed by atoms with Crippen molar-refractivity contribution < 1.29 is 19.5 Å². The first kappa shape index (κ1) is 13.6. The largest absolute Gasteiger partial charge is 0.495 e. The summed E-state index contributed by atoms with van der Waals surface area (Å²) >= 11 is 6.10. The van der Waals surface area contributed by atoms with Gasteiger partial charge in [-0.2, -0.15) is 0 Å². The van der Waals surface area contributed by atoms with Gasteiger partial charge in [0.2, 0.25) is 0 Å². The number of nitrogens with two attached hydrogens (primary N) is 1. The van der Waals surface area contributed by atoms with Crippen molar-refractivity contribution >= 4 is 24.2 Å². The summed E-state index contributed by atoms with van der Waals surface area (Å²) in [5.41, 5.74) is 6.81. The predicted octanol–water partition coefficient (Wildman–Crippen LogP) is -0.181. The summed E-state index contributed by atoms with van der Waals surface area (Å²) in [6.45, 7) is 0.661. The van der Waals surface area contributed by atoms with E-state index >= 15 is 0 Å². The summed E-state index contributed by atoms with van der Waals surface area (Å²) in [6, 6.07) is 3.38. The highest BCUT2D eigenvalue weighted by molar-refractivity contribution is 6.63. The Morgan fingerprint density at radius 1 is 1.50 bits per heavy atom. The molecular weight excluding hydrogens is 256 g/mol. The number of hydrogen-bond acceptors (Lipinski definition) is 5. The topological polar surface area (TPSA) is 84.9 Å². The van der Waals surface area contributed by atoms with E-state index in [2.05, 4.69) is 0 Å². The maximum absolute atomic E-state index is 9.88. The van der Waals surface area contributed by atoms with E-state index in [1.807, 2.05) is 0 Å². The summed E-state index contributed by atoms with van der Waals surface area (Å²) in [5, 5.41) is 19.1. The number of hydrogen-bond donors (Lipinski definition) is 3. The van der Waals surface area contributed by atoms with Crippen LogP contribution in [0.15, 0.2) is 12.1 Å². The van der Waals surface area contributed by atoms with Crippen LogP contribution in [-0.4, -0.2) is 37.0 Å². The van der Waals surface area contributed by atoms with Crippen molar-refractivity contribution in [3.8, 4) is 5.75 Å². The lowest BCUT2D eigenvalue weighted by Crippen LogP contribution is -2.30. The second kappa shape index (κ2) is 5.90.